The average molecular weight is 411 g/mol. The molecule has 6 heteroatoms. The van der Waals surface area contributed by atoms with Crippen molar-refractivity contribution in [1.29, 1.82) is 0 Å². The predicted molar refractivity (Wildman–Crippen MR) is 121 cm³/mol. The van der Waals surface area contributed by atoms with Crippen molar-refractivity contribution in [3.8, 4) is 0 Å². The van der Waals surface area contributed by atoms with Gasteiger partial charge in [0.05, 0.1) is 0 Å². The number of rotatable bonds is 4. The molecule has 2 aliphatic rings. The number of halogens is 1. The summed E-state index contributed by atoms with van der Waals surface area (Å²) < 4.78 is 14.1. The van der Waals surface area contributed by atoms with Gasteiger partial charge >= 0.3 is 0 Å². The highest BCUT2D eigenvalue weighted by molar-refractivity contribution is 5.98. The Morgan fingerprint density at radius 1 is 1.27 bits per heavy atom. The maximum Gasteiger partial charge on any atom is 0.247 e. The predicted octanol–water partition coefficient (Wildman–Crippen LogP) is 4.03. The molecule has 30 heavy (non-hydrogen) atoms. The van der Waals surface area contributed by atoms with E-state index in [2.05, 4.69) is 47.5 Å². The molecule has 0 saturated carbocycles. The number of amides is 1. The third kappa shape index (κ3) is 4.01. The molecule has 0 aromatic heterocycles. The van der Waals surface area contributed by atoms with E-state index >= 15 is 0 Å². The van der Waals surface area contributed by atoms with Crippen LogP contribution in [0.25, 0.3) is 0 Å². The zero-order chi connectivity index (χ0) is 21.4. The second-order valence-electron chi connectivity index (χ2n) is 8.84. The second kappa shape index (κ2) is 8.26. The van der Waals surface area contributed by atoms with Crippen molar-refractivity contribution < 1.29 is 9.18 Å². The third-order valence-corrected chi connectivity index (χ3v) is 6.53. The van der Waals surface area contributed by atoms with Crippen LogP contribution in [0.3, 0.4) is 0 Å². The summed E-state index contributed by atoms with van der Waals surface area (Å²) in [5.74, 6) is -0.392. The van der Waals surface area contributed by atoms with Gasteiger partial charge in [0.25, 0.3) is 0 Å². The number of aryl methyl sites for hydroxylation is 1. The monoisotopic (exact) mass is 410 g/mol. The Labute approximate surface area is 178 Å². The van der Waals surface area contributed by atoms with Crippen LogP contribution in [0.2, 0.25) is 0 Å². The Balaban J connectivity index is 1.43. The first-order valence-electron chi connectivity index (χ1n) is 10.7. The fourth-order valence-corrected chi connectivity index (χ4v) is 4.72. The Kier molecular flexibility index (Phi) is 5.69. The van der Waals surface area contributed by atoms with Crippen molar-refractivity contribution in [2.45, 2.75) is 51.2 Å². The van der Waals surface area contributed by atoms with E-state index in [1.54, 1.807) is 6.07 Å². The van der Waals surface area contributed by atoms with Crippen LogP contribution in [0.5, 0.6) is 0 Å². The van der Waals surface area contributed by atoms with Crippen LogP contribution in [-0.4, -0.2) is 49.6 Å². The number of hydrogen-bond donors (Lipinski definition) is 2. The van der Waals surface area contributed by atoms with E-state index in [0.29, 0.717) is 24.1 Å². The number of hydrogen-bond acceptors (Lipinski definition) is 4. The molecule has 0 bridgehead atoms. The van der Waals surface area contributed by atoms with E-state index in [4.69, 9.17) is 0 Å². The quantitative estimate of drug-likeness (QED) is 0.799. The second-order valence-corrected chi connectivity index (χ2v) is 8.84. The van der Waals surface area contributed by atoms with Gasteiger partial charge < -0.3 is 20.4 Å². The van der Waals surface area contributed by atoms with Crippen LogP contribution in [-0.2, 0) is 11.2 Å². The normalized spacial score (nSPS) is 23.3. The van der Waals surface area contributed by atoms with Crippen LogP contribution < -0.4 is 15.5 Å². The molecule has 2 heterocycles. The van der Waals surface area contributed by atoms with Gasteiger partial charge in [0.15, 0.2) is 0 Å². The summed E-state index contributed by atoms with van der Waals surface area (Å²) in [5.41, 5.74) is 4.21. The molecule has 2 N–H and O–H groups in total. The highest BCUT2D eigenvalue weighted by atomic mass is 19.1. The number of nitrogens with one attached hydrogen (secondary N) is 2. The van der Waals surface area contributed by atoms with Gasteiger partial charge in [0.2, 0.25) is 5.91 Å². The van der Waals surface area contributed by atoms with E-state index in [1.807, 2.05) is 25.1 Å². The number of nitrogens with zero attached hydrogens (tertiary/aromatic N) is 2. The molecule has 0 radical (unpaired) electrons. The molecule has 2 aliphatic heterocycles. The minimum Gasteiger partial charge on any atom is -0.373 e. The number of benzene rings is 2. The zero-order valence-electron chi connectivity index (χ0n) is 18.2. The first-order valence-corrected chi connectivity index (χ1v) is 10.7. The fourth-order valence-electron chi connectivity index (χ4n) is 4.72. The number of carbonyl (C=O) groups is 1. The SMILES string of the molecule is Cc1ccc(F)c2c1NC(C(=O)Nc1cccc(N3CCC(N(C)C)C[C@H]3C)c1)C2. The van der Waals surface area contributed by atoms with E-state index in [-0.39, 0.29) is 11.7 Å². The summed E-state index contributed by atoms with van der Waals surface area (Å²) in [6.07, 6.45) is 2.62. The van der Waals surface area contributed by atoms with Crippen LogP contribution in [0.4, 0.5) is 21.5 Å². The van der Waals surface area contributed by atoms with Gasteiger partial charge in [-0.1, -0.05) is 12.1 Å². The standard InChI is InChI=1S/C24H31FN4O/c1-15-8-9-21(25)20-14-22(27-23(15)20)24(30)26-17-6-5-7-19(13-17)29-11-10-18(28(3)4)12-16(29)2/h5-9,13,16,18,22,27H,10-12,14H2,1-4H3,(H,26,30)/t16-,18?,22?/m1/s1. The molecule has 1 saturated heterocycles. The summed E-state index contributed by atoms with van der Waals surface area (Å²) in [6, 6.07) is 11.8. The van der Waals surface area contributed by atoms with Crippen molar-refractivity contribution in [3.05, 3.63) is 53.3 Å². The van der Waals surface area contributed by atoms with Gasteiger partial charge in [-0.05, 0) is 70.6 Å². The molecular formula is C24H31FN4O. The Hall–Kier alpha value is -2.60. The van der Waals surface area contributed by atoms with E-state index in [0.717, 1.165) is 42.0 Å². The summed E-state index contributed by atoms with van der Waals surface area (Å²) >= 11 is 0. The summed E-state index contributed by atoms with van der Waals surface area (Å²) in [6.45, 7) is 5.19. The van der Waals surface area contributed by atoms with Crippen molar-refractivity contribution >= 4 is 23.0 Å². The highest BCUT2D eigenvalue weighted by Gasteiger charge is 2.30. The molecule has 1 fully saturated rings. The molecular weight excluding hydrogens is 379 g/mol. The molecule has 2 unspecified atom stereocenters. The van der Waals surface area contributed by atoms with Gasteiger partial charge in [-0.2, -0.15) is 0 Å². The number of fused-ring (bicyclic) bond motifs is 1. The summed E-state index contributed by atoms with van der Waals surface area (Å²) in [7, 11) is 4.29. The lowest BCUT2D eigenvalue weighted by Crippen LogP contribution is -2.47. The van der Waals surface area contributed by atoms with Crippen molar-refractivity contribution in [3.63, 3.8) is 0 Å². The van der Waals surface area contributed by atoms with Crippen LogP contribution in [0.15, 0.2) is 36.4 Å². The van der Waals surface area contributed by atoms with E-state index in [1.165, 1.54) is 6.07 Å². The first-order chi connectivity index (χ1) is 14.3. The Morgan fingerprint density at radius 2 is 2.07 bits per heavy atom. The Morgan fingerprint density at radius 3 is 2.77 bits per heavy atom. The molecule has 160 valence electrons. The molecule has 2 aromatic rings. The summed E-state index contributed by atoms with van der Waals surface area (Å²) in [5, 5.41) is 6.22. The maximum absolute atomic E-state index is 14.1. The number of anilines is 3. The van der Waals surface area contributed by atoms with Gasteiger partial charge in [-0.15, -0.1) is 0 Å². The number of carbonyl (C=O) groups excluding carboxylic acids is 1. The molecule has 2 aromatic carbocycles. The van der Waals surface area contributed by atoms with E-state index in [9.17, 15) is 9.18 Å². The van der Waals surface area contributed by atoms with Gasteiger partial charge in [0.1, 0.15) is 11.9 Å². The molecule has 1 amide bonds. The smallest absolute Gasteiger partial charge is 0.247 e. The molecule has 0 spiro atoms. The summed E-state index contributed by atoms with van der Waals surface area (Å²) in [4.78, 5) is 17.6. The lowest BCUT2D eigenvalue weighted by molar-refractivity contribution is -0.116. The molecule has 0 aliphatic carbocycles. The van der Waals surface area contributed by atoms with Crippen LogP contribution in [0.1, 0.15) is 30.9 Å². The van der Waals surface area contributed by atoms with Crippen molar-refractivity contribution in [2.75, 3.05) is 36.2 Å². The highest BCUT2D eigenvalue weighted by Crippen LogP contribution is 2.32. The molecule has 4 rings (SSSR count). The van der Waals surface area contributed by atoms with Gasteiger partial charge in [0, 0.05) is 47.7 Å². The topological polar surface area (TPSA) is 47.6 Å². The zero-order valence-corrected chi connectivity index (χ0v) is 18.2. The van der Waals surface area contributed by atoms with Crippen LogP contribution >= 0.6 is 0 Å². The first kappa shape index (κ1) is 20.7. The third-order valence-electron chi connectivity index (χ3n) is 6.53. The van der Waals surface area contributed by atoms with Crippen molar-refractivity contribution in [2.24, 2.45) is 0 Å². The minimum atomic E-state index is -0.464. The largest absolute Gasteiger partial charge is 0.373 e. The number of piperidine rings is 1. The van der Waals surface area contributed by atoms with Crippen molar-refractivity contribution in [1.82, 2.24) is 4.90 Å². The molecule has 5 nitrogen and oxygen atoms in total. The Bertz CT molecular complexity index is 914. The van der Waals surface area contributed by atoms with Gasteiger partial charge in [-0.25, -0.2) is 4.39 Å². The lowest BCUT2D eigenvalue weighted by atomic mass is 9.96. The fraction of sp³-hybridized carbons (Fsp3) is 0.458. The van der Waals surface area contributed by atoms with E-state index < -0.39 is 6.04 Å². The van der Waals surface area contributed by atoms with Crippen LogP contribution in [0, 0.1) is 12.7 Å². The lowest BCUT2D eigenvalue weighted by Gasteiger charge is -2.41. The van der Waals surface area contributed by atoms with Gasteiger partial charge in [-0.3, -0.25) is 4.79 Å². The maximum atomic E-state index is 14.1. The average Bonchev–Trinajstić information content (AvgIpc) is 3.18. The minimum absolute atomic E-state index is 0.137. The molecule has 3 atom stereocenters.